The molecular weight excluding hydrogens is 278 g/mol. The van der Waals surface area contributed by atoms with E-state index in [4.69, 9.17) is 5.11 Å². The van der Waals surface area contributed by atoms with Crippen LogP contribution in [-0.2, 0) is 16.1 Å². The van der Waals surface area contributed by atoms with Gasteiger partial charge in [0, 0.05) is 17.7 Å². The van der Waals surface area contributed by atoms with Crippen LogP contribution in [0.2, 0.25) is 0 Å². The van der Waals surface area contributed by atoms with Gasteiger partial charge in [-0.2, -0.15) is 5.10 Å². The first-order chi connectivity index (χ1) is 9.66. The number of para-hydroxylation sites is 1. The second-order valence-corrected chi connectivity index (χ2v) is 5.26. The largest absolute Gasteiger partial charge is 0.481 e. The summed E-state index contributed by atoms with van der Waals surface area (Å²) in [6.45, 7) is 0.618. The van der Waals surface area contributed by atoms with E-state index >= 15 is 0 Å². The van der Waals surface area contributed by atoms with Gasteiger partial charge in [0.05, 0.1) is 17.5 Å². The number of carbonyl (C=O) groups is 2. The molecule has 0 unspecified atom stereocenters. The van der Waals surface area contributed by atoms with Gasteiger partial charge in [-0.25, -0.2) is 0 Å². The van der Waals surface area contributed by atoms with E-state index in [0.717, 1.165) is 10.9 Å². The van der Waals surface area contributed by atoms with E-state index in [-0.39, 0.29) is 18.2 Å². The smallest absolute Gasteiger partial charge is 0.313 e. The molecule has 0 saturated carbocycles. The van der Waals surface area contributed by atoms with Crippen LogP contribution < -0.4 is 5.32 Å². The Morgan fingerprint density at radius 3 is 2.95 bits per heavy atom. The number of carboxylic acid groups (broad SMARTS) is 1. The molecule has 0 saturated heterocycles. The number of carbonyl (C=O) groups excluding carboxylic acids is 1. The average molecular weight is 293 g/mol. The van der Waals surface area contributed by atoms with Crippen LogP contribution in [0.1, 0.15) is 0 Å². The molecule has 20 heavy (non-hydrogen) atoms. The summed E-state index contributed by atoms with van der Waals surface area (Å²) >= 11 is 1.28. The fourth-order valence-corrected chi connectivity index (χ4v) is 2.33. The molecule has 2 N–H and O–H groups in total. The van der Waals surface area contributed by atoms with Crippen LogP contribution in [-0.4, -0.2) is 44.8 Å². The maximum atomic E-state index is 11.8. The summed E-state index contributed by atoms with van der Waals surface area (Å²) in [6.07, 6.45) is 1.73. The van der Waals surface area contributed by atoms with E-state index in [2.05, 4.69) is 10.4 Å². The molecule has 2 aromatic rings. The van der Waals surface area contributed by atoms with E-state index < -0.39 is 5.97 Å². The van der Waals surface area contributed by atoms with E-state index in [1.165, 1.54) is 11.8 Å². The molecule has 0 aliphatic carbocycles. The molecule has 1 aromatic heterocycles. The molecular formula is C13H15N3O3S. The Hall–Kier alpha value is -2.02. The summed E-state index contributed by atoms with van der Waals surface area (Å²) in [4.78, 5) is 22.1. The Kier molecular flexibility index (Phi) is 5.00. The summed E-state index contributed by atoms with van der Waals surface area (Å²) in [6, 6.07) is 7.69. The first-order valence-corrected chi connectivity index (χ1v) is 7.29. The number of carboxylic acids is 1. The Morgan fingerprint density at radius 2 is 2.15 bits per heavy atom. The number of aromatic nitrogens is 2. The quantitative estimate of drug-likeness (QED) is 0.743. The Morgan fingerprint density at radius 1 is 1.35 bits per heavy atom. The fraction of sp³-hybridized carbons (Fsp3) is 0.308. The van der Waals surface area contributed by atoms with E-state index in [1.54, 1.807) is 10.9 Å². The maximum Gasteiger partial charge on any atom is 0.313 e. The lowest BCUT2D eigenvalue weighted by Gasteiger charge is -2.05. The van der Waals surface area contributed by atoms with Crippen molar-refractivity contribution in [3.05, 3.63) is 30.5 Å². The summed E-state index contributed by atoms with van der Waals surface area (Å²) in [5, 5.41) is 16.4. The fourth-order valence-electron chi connectivity index (χ4n) is 1.77. The molecule has 1 amide bonds. The van der Waals surface area contributed by atoms with Crippen LogP contribution in [0, 0.1) is 0 Å². The number of hydrogen-bond acceptors (Lipinski definition) is 4. The summed E-state index contributed by atoms with van der Waals surface area (Å²) < 4.78 is 1.65. The third-order valence-electron chi connectivity index (χ3n) is 2.64. The van der Waals surface area contributed by atoms with Crippen LogP contribution in [0.15, 0.2) is 30.5 Å². The van der Waals surface area contributed by atoms with Crippen molar-refractivity contribution < 1.29 is 14.7 Å². The molecule has 0 bridgehead atoms. The van der Waals surface area contributed by atoms with Crippen LogP contribution >= 0.6 is 11.8 Å². The number of aliphatic carboxylic acids is 1. The maximum absolute atomic E-state index is 11.8. The number of hydrogen-bond donors (Lipinski definition) is 2. The highest BCUT2D eigenvalue weighted by molar-refractivity contribution is 7.99. The third kappa shape index (κ3) is 3.99. The predicted molar refractivity (Wildman–Crippen MR) is 77.7 cm³/mol. The van der Waals surface area contributed by atoms with Crippen LogP contribution in [0.3, 0.4) is 0 Å². The molecule has 0 aliphatic heterocycles. The van der Waals surface area contributed by atoms with Crippen molar-refractivity contribution in [2.24, 2.45) is 0 Å². The summed E-state index contributed by atoms with van der Waals surface area (Å²) in [7, 11) is 0. The van der Waals surface area contributed by atoms with Crippen LogP contribution in [0.4, 0.5) is 0 Å². The van der Waals surface area contributed by atoms with Gasteiger partial charge in [0.15, 0.2) is 0 Å². The highest BCUT2D eigenvalue weighted by Crippen LogP contribution is 2.12. The zero-order valence-corrected chi connectivity index (χ0v) is 11.6. The topological polar surface area (TPSA) is 84.2 Å². The molecule has 0 fully saturated rings. The number of benzene rings is 1. The SMILES string of the molecule is O=C(O)CSCCNC(=O)Cn1ncc2ccccc21. The first kappa shape index (κ1) is 14.4. The van der Waals surface area contributed by atoms with Crippen molar-refractivity contribution in [3.8, 4) is 0 Å². The van der Waals surface area contributed by atoms with Crippen molar-refractivity contribution in [1.29, 1.82) is 0 Å². The molecule has 106 valence electrons. The minimum atomic E-state index is -0.843. The zero-order chi connectivity index (χ0) is 14.4. The lowest BCUT2D eigenvalue weighted by Crippen LogP contribution is -2.29. The van der Waals surface area contributed by atoms with Gasteiger partial charge >= 0.3 is 5.97 Å². The van der Waals surface area contributed by atoms with Gasteiger partial charge in [-0.15, -0.1) is 11.8 Å². The molecule has 1 heterocycles. The molecule has 0 aliphatic rings. The standard InChI is InChI=1S/C13H15N3O3S/c17-12(14-5-6-20-9-13(18)19)8-16-11-4-2-1-3-10(11)7-15-16/h1-4,7H,5-6,8-9H2,(H,14,17)(H,18,19). The molecule has 6 nitrogen and oxygen atoms in total. The molecule has 0 spiro atoms. The molecule has 1 aromatic carbocycles. The van der Waals surface area contributed by atoms with Gasteiger partial charge in [-0.3, -0.25) is 14.3 Å². The van der Waals surface area contributed by atoms with E-state index in [9.17, 15) is 9.59 Å². The van der Waals surface area contributed by atoms with Gasteiger partial charge in [0.2, 0.25) is 5.91 Å². The van der Waals surface area contributed by atoms with Crippen LogP contribution in [0.25, 0.3) is 10.9 Å². The normalized spacial score (nSPS) is 10.6. The molecule has 0 radical (unpaired) electrons. The zero-order valence-electron chi connectivity index (χ0n) is 10.8. The minimum Gasteiger partial charge on any atom is -0.481 e. The number of fused-ring (bicyclic) bond motifs is 1. The summed E-state index contributed by atoms with van der Waals surface area (Å²) in [5.41, 5.74) is 0.919. The van der Waals surface area contributed by atoms with E-state index in [1.807, 2.05) is 24.3 Å². The Labute approximate surface area is 120 Å². The number of nitrogens with zero attached hydrogens (tertiary/aromatic N) is 2. The highest BCUT2D eigenvalue weighted by Gasteiger charge is 2.06. The average Bonchev–Trinajstić information content (AvgIpc) is 2.81. The number of thioether (sulfide) groups is 1. The van der Waals surface area contributed by atoms with Gasteiger partial charge in [-0.05, 0) is 6.07 Å². The van der Waals surface area contributed by atoms with Gasteiger partial charge in [0.1, 0.15) is 6.54 Å². The van der Waals surface area contributed by atoms with Crippen LogP contribution in [0.5, 0.6) is 0 Å². The third-order valence-corrected chi connectivity index (χ3v) is 3.58. The number of amides is 1. The predicted octanol–water partition coefficient (Wildman–Crippen LogP) is 0.970. The summed E-state index contributed by atoms with van der Waals surface area (Å²) in [5.74, 6) is -0.337. The van der Waals surface area contributed by atoms with Crippen molar-refractivity contribution in [3.63, 3.8) is 0 Å². The van der Waals surface area contributed by atoms with Gasteiger partial charge in [-0.1, -0.05) is 18.2 Å². The first-order valence-electron chi connectivity index (χ1n) is 6.13. The number of nitrogens with one attached hydrogen (secondary N) is 1. The highest BCUT2D eigenvalue weighted by atomic mass is 32.2. The van der Waals surface area contributed by atoms with E-state index in [0.29, 0.717) is 12.3 Å². The van der Waals surface area contributed by atoms with Crippen molar-refractivity contribution in [1.82, 2.24) is 15.1 Å². The van der Waals surface area contributed by atoms with Crippen molar-refractivity contribution >= 4 is 34.5 Å². The molecule has 2 rings (SSSR count). The Balaban J connectivity index is 1.78. The molecule has 7 heteroatoms. The van der Waals surface area contributed by atoms with Crippen molar-refractivity contribution in [2.45, 2.75) is 6.54 Å². The lowest BCUT2D eigenvalue weighted by molar-refractivity contribution is -0.133. The Bertz CT molecular complexity index is 612. The van der Waals surface area contributed by atoms with Gasteiger partial charge < -0.3 is 10.4 Å². The second-order valence-electron chi connectivity index (χ2n) is 4.16. The molecule has 0 atom stereocenters. The minimum absolute atomic E-state index is 0.0552. The lowest BCUT2D eigenvalue weighted by atomic mass is 10.2. The van der Waals surface area contributed by atoms with Gasteiger partial charge in [0.25, 0.3) is 0 Å². The number of rotatable bonds is 7. The monoisotopic (exact) mass is 293 g/mol. The van der Waals surface area contributed by atoms with Crippen molar-refractivity contribution in [2.75, 3.05) is 18.1 Å². The second kappa shape index (κ2) is 6.95.